The summed E-state index contributed by atoms with van der Waals surface area (Å²) in [5.41, 5.74) is 2.60. The van der Waals surface area contributed by atoms with Crippen molar-refractivity contribution in [2.75, 3.05) is 11.9 Å². The molecule has 1 saturated carbocycles. The lowest BCUT2D eigenvalue weighted by molar-refractivity contribution is 0.649. The first-order valence-electron chi connectivity index (χ1n) is 6.86. The zero-order valence-electron chi connectivity index (χ0n) is 11.5. The molecule has 1 aromatic rings. The van der Waals surface area contributed by atoms with Crippen molar-refractivity contribution in [3.63, 3.8) is 0 Å². The second-order valence-electron chi connectivity index (χ2n) is 5.30. The summed E-state index contributed by atoms with van der Waals surface area (Å²) in [5, 5.41) is 4.39. The summed E-state index contributed by atoms with van der Waals surface area (Å²) in [6, 6.07) is 7.48. The van der Waals surface area contributed by atoms with E-state index in [1.165, 1.54) is 24.1 Å². The number of anilines is 1. The number of hydrogen-bond donors (Lipinski definition) is 1. The Hall–Kier alpha value is -0.730. The number of hydrogen-bond acceptors (Lipinski definition) is 2. The van der Waals surface area contributed by atoms with E-state index in [-0.39, 0.29) is 0 Å². The Morgan fingerprint density at radius 2 is 2.17 bits per heavy atom. The third kappa shape index (κ3) is 3.39. The molecule has 3 heteroatoms. The molecule has 1 fully saturated rings. The van der Waals surface area contributed by atoms with Crippen LogP contribution in [-0.4, -0.2) is 19.1 Å². The van der Waals surface area contributed by atoms with Crippen LogP contribution >= 0.6 is 11.6 Å². The fraction of sp³-hybridized carbons (Fsp3) is 0.600. The van der Waals surface area contributed by atoms with E-state index in [0.29, 0.717) is 6.04 Å². The van der Waals surface area contributed by atoms with Crippen LogP contribution in [-0.2, 0) is 6.54 Å². The number of nitrogens with zero attached hydrogens (tertiary/aromatic N) is 1. The first kappa shape index (κ1) is 13.7. The van der Waals surface area contributed by atoms with E-state index in [1.54, 1.807) is 0 Å². The zero-order valence-corrected chi connectivity index (χ0v) is 12.3. The smallest absolute Gasteiger partial charge is 0.0412 e. The van der Waals surface area contributed by atoms with Crippen LogP contribution in [0.15, 0.2) is 18.2 Å². The molecule has 0 amide bonds. The highest BCUT2D eigenvalue weighted by molar-refractivity contribution is 6.30. The SMILES string of the molecule is CCC(C)N(C)c1ccc(Cl)cc1CNC1CC1. The van der Waals surface area contributed by atoms with Crippen molar-refractivity contribution in [3.05, 3.63) is 28.8 Å². The van der Waals surface area contributed by atoms with Gasteiger partial charge in [-0.25, -0.2) is 0 Å². The van der Waals surface area contributed by atoms with Gasteiger partial charge in [0.2, 0.25) is 0 Å². The van der Waals surface area contributed by atoms with Gasteiger partial charge in [-0.15, -0.1) is 0 Å². The highest BCUT2D eigenvalue weighted by Crippen LogP contribution is 2.27. The van der Waals surface area contributed by atoms with Gasteiger partial charge in [-0.2, -0.15) is 0 Å². The van der Waals surface area contributed by atoms with Crippen LogP contribution < -0.4 is 10.2 Å². The molecule has 1 aromatic carbocycles. The summed E-state index contributed by atoms with van der Waals surface area (Å²) in [4.78, 5) is 2.35. The standard InChI is InChI=1S/C15H23ClN2/c1-4-11(2)18(3)15-8-5-13(16)9-12(15)10-17-14-6-7-14/h5,8-9,11,14,17H,4,6-7,10H2,1-3H3. The minimum absolute atomic E-state index is 0.547. The van der Waals surface area contributed by atoms with Crippen LogP contribution in [0.4, 0.5) is 5.69 Å². The lowest BCUT2D eigenvalue weighted by atomic mass is 10.1. The molecular formula is C15H23ClN2. The Morgan fingerprint density at radius 3 is 2.78 bits per heavy atom. The molecule has 0 aromatic heterocycles. The van der Waals surface area contributed by atoms with Crippen molar-refractivity contribution < 1.29 is 0 Å². The summed E-state index contributed by atoms with van der Waals surface area (Å²) in [5.74, 6) is 0. The van der Waals surface area contributed by atoms with Gasteiger partial charge in [0.1, 0.15) is 0 Å². The first-order chi connectivity index (χ1) is 8.61. The quantitative estimate of drug-likeness (QED) is 0.842. The van der Waals surface area contributed by atoms with E-state index in [2.05, 4.69) is 43.2 Å². The molecule has 1 N–H and O–H groups in total. The van der Waals surface area contributed by atoms with E-state index in [4.69, 9.17) is 11.6 Å². The van der Waals surface area contributed by atoms with Crippen molar-refractivity contribution in [1.29, 1.82) is 0 Å². The first-order valence-corrected chi connectivity index (χ1v) is 7.24. The molecule has 0 spiro atoms. The molecule has 18 heavy (non-hydrogen) atoms. The maximum Gasteiger partial charge on any atom is 0.0412 e. The zero-order chi connectivity index (χ0) is 13.1. The molecule has 0 bridgehead atoms. The average molecular weight is 267 g/mol. The van der Waals surface area contributed by atoms with Crippen molar-refractivity contribution in [2.45, 2.75) is 51.7 Å². The maximum atomic E-state index is 6.12. The minimum Gasteiger partial charge on any atom is -0.372 e. The average Bonchev–Trinajstić information content (AvgIpc) is 3.18. The van der Waals surface area contributed by atoms with E-state index in [9.17, 15) is 0 Å². The Morgan fingerprint density at radius 1 is 1.44 bits per heavy atom. The van der Waals surface area contributed by atoms with Crippen molar-refractivity contribution in [1.82, 2.24) is 5.32 Å². The lowest BCUT2D eigenvalue weighted by Crippen LogP contribution is -2.29. The number of nitrogens with one attached hydrogen (secondary N) is 1. The van der Waals surface area contributed by atoms with Crippen LogP contribution in [0.5, 0.6) is 0 Å². The summed E-state index contributed by atoms with van der Waals surface area (Å²) in [6.07, 6.45) is 3.78. The van der Waals surface area contributed by atoms with Crippen molar-refractivity contribution in [2.24, 2.45) is 0 Å². The molecule has 0 aliphatic heterocycles. The van der Waals surface area contributed by atoms with Crippen LogP contribution in [0, 0.1) is 0 Å². The second-order valence-corrected chi connectivity index (χ2v) is 5.73. The Kier molecular flexibility index (Phi) is 4.52. The highest BCUT2D eigenvalue weighted by Gasteiger charge is 2.21. The molecule has 0 radical (unpaired) electrons. The highest BCUT2D eigenvalue weighted by atomic mass is 35.5. The molecule has 1 aliphatic carbocycles. The third-order valence-electron chi connectivity index (χ3n) is 3.83. The lowest BCUT2D eigenvalue weighted by Gasteiger charge is -2.28. The van der Waals surface area contributed by atoms with Gasteiger partial charge in [0.15, 0.2) is 0 Å². The Balaban J connectivity index is 2.15. The second kappa shape index (κ2) is 5.94. The third-order valence-corrected chi connectivity index (χ3v) is 4.07. The predicted molar refractivity (Wildman–Crippen MR) is 79.5 cm³/mol. The van der Waals surface area contributed by atoms with Gasteiger partial charge in [-0.05, 0) is 49.9 Å². The van der Waals surface area contributed by atoms with Crippen LogP contribution in [0.1, 0.15) is 38.7 Å². The van der Waals surface area contributed by atoms with Crippen LogP contribution in [0.3, 0.4) is 0 Å². The monoisotopic (exact) mass is 266 g/mol. The van der Waals surface area contributed by atoms with E-state index in [0.717, 1.165) is 24.0 Å². The number of halogens is 1. The van der Waals surface area contributed by atoms with Gasteiger partial charge in [0.25, 0.3) is 0 Å². The van der Waals surface area contributed by atoms with Crippen LogP contribution in [0.25, 0.3) is 0 Å². The molecule has 1 aliphatic rings. The topological polar surface area (TPSA) is 15.3 Å². The van der Waals surface area contributed by atoms with Gasteiger partial charge in [0.05, 0.1) is 0 Å². The van der Waals surface area contributed by atoms with E-state index < -0.39 is 0 Å². The van der Waals surface area contributed by atoms with Crippen LogP contribution in [0.2, 0.25) is 5.02 Å². The van der Waals surface area contributed by atoms with E-state index in [1.807, 2.05) is 6.07 Å². The fourth-order valence-electron chi connectivity index (χ4n) is 2.09. The number of rotatable bonds is 6. The maximum absolute atomic E-state index is 6.12. The van der Waals surface area contributed by atoms with Gasteiger partial charge >= 0.3 is 0 Å². The Labute approximate surface area is 115 Å². The molecular weight excluding hydrogens is 244 g/mol. The fourth-order valence-corrected chi connectivity index (χ4v) is 2.29. The van der Waals surface area contributed by atoms with Gasteiger partial charge < -0.3 is 10.2 Å². The molecule has 1 atom stereocenters. The number of benzene rings is 1. The molecule has 2 rings (SSSR count). The summed E-state index contributed by atoms with van der Waals surface area (Å²) in [6.45, 7) is 5.40. The van der Waals surface area contributed by atoms with E-state index >= 15 is 0 Å². The summed E-state index contributed by atoms with van der Waals surface area (Å²) in [7, 11) is 2.16. The minimum atomic E-state index is 0.547. The predicted octanol–water partition coefficient (Wildman–Crippen LogP) is 3.83. The largest absolute Gasteiger partial charge is 0.372 e. The van der Waals surface area contributed by atoms with Crippen molar-refractivity contribution >= 4 is 17.3 Å². The normalized spacial score (nSPS) is 16.7. The van der Waals surface area contributed by atoms with Gasteiger partial charge in [-0.3, -0.25) is 0 Å². The Bertz CT molecular complexity index is 401. The molecule has 2 nitrogen and oxygen atoms in total. The molecule has 0 saturated heterocycles. The molecule has 100 valence electrons. The van der Waals surface area contributed by atoms with Gasteiger partial charge in [0, 0.05) is 36.4 Å². The van der Waals surface area contributed by atoms with Gasteiger partial charge in [-0.1, -0.05) is 18.5 Å². The molecule has 1 unspecified atom stereocenters. The summed E-state index contributed by atoms with van der Waals surface area (Å²) >= 11 is 6.12. The molecule has 0 heterocycles. The van der Waals surface area contributed by atoms with Crippen molar-refractivity contribution in [3.8, 4) is 0 Å². The summed E-state index contributed by atoms with van der Waals surface area (Å²) < 4.78 is 0.